The van der Waals surface area contributed by atoms with Gasteiger partial charge in [-0.25, -0.2) is 0 Å². The molecule has 0 amide bonds. The van der Waals surface area contributed by atoms with Gasteiger partial charge in [0, 0.05) is 6.42 Å². The van der Waals surface area contributed by atoms with Crippen molar-refractivity contribution in [1.82, 2.24) is 0 Å². The molecule has 0 saturated heterocycles. The lowest BCUT2D eigenvalue weighted by molar-refractivity contribution is -0.137. The molecule has 0 aromatic carbocycles. The SMILES string of the molecule is CCCCCC(C)(O)/C=C/C=C\CCCCCCCC(=O)O. The summed E-state index contributed by atoms with van der Waals surface area (Å²) in [6, 6.07) is 0. The van der Waals surface area contributed by atoms with Crippen molar-refractivity contribution in [3.8, 4) is 0 Å². The zero-order chi connectivity index (χ0) is 16.7. The molecule has 0 fully saturated rings. The Labute approximate surface area is 136 Å². The molecule has 3 nitrogen and oxygen atoms in total. The van der Waals surface area contributed by atoms with E-state index in [1.165, 1.54) is 12.8 Å². The van der Waals surface area contributed by atoms with E-state index < -0.39 is 11.6 Å². The van der Waals surface area contributed by atoms with E-state index in [4.69, 9.17) is 5.11 Å². The molecule has 0 aliphatic rings. The summed E-state index contributed by atoms with van der Waals surface area (Å²) < 4.78 is 0. The van der Waals surface area contributed by atoms with E-state index in [0.29, 0.717) is 6.42 Å². The molecule has 0 aromatic heterocycles. The smallest absolute Gasteiger partial charge is 0.303 e. The largest absolute Gasteiger partial charge is 0.481 e. The number of hydrogen-bond donors (Lipinski definition) is 2. The predicted octanol–water partition coefficient (Wildman–Crippen LogP) is 5.25. The number of carbonyl (C=O) groups is 1. The minimum Gasteiger partial charge on any atom is -0.481 e. The Hall–Kier alpha value is -1.09. The molecule has 0 bridgehead atoms. The minimum atomic E-state index is -0.694. The maximum absolute atomic E-state index is 10.3. The second-order valence-electron chi connectivity index (χ2n) is 6.30. The van der Waals surface area contributed by atoms with E-state index in [0.717, 1.165) is 51.4 Å². The van der Waals surface area contributed by atoms with Gasteiger partial charge in [-0.15, -0.1) is 0 Å². The van der Waals surface area contributed by atoms with Crippen molar-refractivity contribution in [2.24, 2.45) is 0 Å². The lowest BCUT2D eigenvalue weighted by Crippen LogP contribution is -2.20. The van der Waals surface area contributed by atoms with Crippen LogP contribution in [0.15, 0.2) is 24.3 Å². The fourth-order valence-electron chi connectivity index (χ4n) is 2.32. The number of aliphatic carboxylic acids is 1. The average Bonchev–Trinajstić information content (AvgIpc) is 2.44. The molecule has 0 aromatic rings. The lowest BCUT2D eigenvalue weighted by atomic mass is 9.98. The van der Waals surface area contributed by atoms with Gasteiger partial charge in [-0.05, 0) is 32.6 Å². The summed E-state index contributed by atoms with van der Waals surface area (Å²) >= 11 is 0. The van der Waals surface area contributed by atoms with Gasteiger partial charge >= 0.3 is 5.97 Å². The Bertz CT molecular complexity index is 330. The first-order valence-electron chi connectivity index (χ1n) is 8.76. The molecule has 3 heteroatoms. The topological polar surface area (TPSA) is 57.5 Å². The van der Waals surface area contributed by atoms with Crippen LogP contribution in [0.3, 0.4) is 0 Å². The third-order valence-electron chi connectivity index (χ3n) is 3.75. The first kappa shape index (κ1) is 20.9. The highest BCUT2D eigenvalue weighted by molar-refractivity contribution is 5.66. The molecule has 0 saturated carbocycles. The molecule has 0 rings (SSSR count). The standard InChI is InChI=1S/C19H34O3/c1-3-4-13-16-19(2,22)17-14-11-9-7-5-6-8-10-12-15-18(20)21/h9,11,14,17,22H,3-8,10,12-13,15-16H2,1-2H3,(H,20,21)/b11-9-,17-14+. The van der Waals surface area contributed by atoms with Gasteiger partial charge in [0.15, 0.2) is 0 Å². The van der Waals surface area contributed by atoms with Gasteiger partial charge < -0.3 is 10.2 Å². The molecular weight excluding hydrogens is 276 g/mol. The van der Waals surface area contributed by atoms with Crippen molar-refractivity contribution < 1.29 is 15.0 Å². The van der Waals surface area contributed by atoms with Gasteiger partial charge in [0.05, 0.1) is 5.60 Å². The van der Waals surface area contributed by atoms with Crippen LogP contribution >= 0.6 is 0 Å². The molecule has 22 heavy (non-hydrogen) atoms. The maximum atomic E-state index is 10.3. The van der Waals surface area contributed by atoms with E-state index in [2.05, 4.69) is 13.0 Å². The normalized spacial score (nSPS) is 14.7. The van der Waals surface area contributed by atoms with Crippen LogP contribution < -0.4 is 0 Å². The van der Waals surface area contributed by atoms with Gasteiger partial charge in [-0.2, -0.15) is 0 Å². The van der Waals surface area contributed by atoms with Crippen LogP contribution in [0.2, 0.25) is 0 Å². The van der Waals surface area contributed by atoms with Crippen molar-refractivity contribution >= 4 is 5.97 Å². The summed E-state index contributed by atoms with van der Waals surface area (Å²) in [6.45, 7) is 4.03. The molecule has 0 spiro atoms. The summed E-state index contributed by atoms with van der Waals surface area (Å²) in [7, 11) is 0. The Morgan fingerprint density at radius 2 is 1.68 bits per heavy atom. The molecule has 1 atom stereocenters. The van der Waals surface area contributed by atoms with Crippen LogP contribution in [-0.4, -0.2) is 21.8 Å². The fraction of sp³-hybridized carbons (Fsp3) is 0.737. The van der Waals surface area contributed by atoms with E-state index >= 15 is 0 Å². The van der Waals surface area contributed by atoms with Crippen molar-refractivity contribution in [3.05, 3.63) is 24.3 Å². The summed E-state index contributed by atoms with van der Waals surface area (Å²) in [5.41, 5.74) is -0.691. The van der Waals surface area contributed by atoms with Gasteiger partial charge in [0.1, 0.15) is 0 Å². The number of aliphatic hydroxyl groups is 1. The zero-order valence-corrected chi connectivity index (χ0v) is 14.4. The highest BCUT2D eigenvalue weighted by Gasteiger charge is 2.14. The molecule has 128 valence electrons. The molecule has 0 aliphatic carbocycles. The number of carboxylic acid groups (broad SMARTS) is 1. The zero-order valence-electron chi connectivity index (χ0n) is 14.4. The number of carboxylic acids is 1. The van der Waals surface area contributed by atoms with Crippen LogP contribution in [-0.2, 0) is 4.79 Å². The van der Waals surface area contributed by atoms with Crippen LogP contribution in [0.4, 0.5) is 0 Å². The van der Waals surface area contributed by atoms with Crippen molar-refractivity contribution in [2.75, 3.05) is 0 Å². The monoisotopic (exact) mass is 310 g/mol. The van der Waals surface area contributed by atoms with Crippen LogP contribution in [0, 0.1) is 0 Å². The number of hydrogen-bond acceptors (Lipinski definition) is 2. The van der Waals surface area contributed by atoms with Gasteiger partial charge in [-0.3, -0.25) is 4.79 Å². The highest BCUT2D eigenvalue weighted by Crippen LogP contribution is 2.16. The average molecular weight is 310 g/mol. The number of allylic oxidation sites excluding steroid dienone is 3. The first-order valence-corrected chi connectivity index (χ1v) is 8.76. The number of rotatable bonds is 14. The summed E-state index contributed by atoms with van der Waals surface area (Å²) in [6.07, 6.45) is 18.8. The quantitative estimate of drug-likeness (QED) is 0.340. The maximum Gasteiger partial charge on any atom is 0.303 e. The Kier molecular flexibility index (Phi) is 12.9. The molecule has 2 N–H and O–H groups in total. The third kappa shape index (κ3) is 15.3. The van der Waals surface area contributed by atoms with E-state index in [1.807, 2.05) is 25.2 Å². The summed E-state index contributed by atoms with van der Waals surface area (Å²) in [5, 5.41) is 18.7. The molecular formula is C19H34O3. The van der Waals surface area contributed by atoms with Crippen molar-refractivity contribution in [2.45, 2.75) is 90.1 Å². The van der Waals surface area contributed by atoms with Gasteiger partial charge in [-0.1, -0.05) is 69.8 Å². The van der Waals surface area contributed by atoms with Crippen molar-refractivity contribution in [3.63, 3.8) is 0 Å². The molecule has 1 unspecified atom stereocenters. The van der Waals surface area contributed by atoms with Gasteiger partial charge in [0.25, 0.3) is 0 Å². The second kappa shape index (κ2) is 13.6. The second-order valence-corrected chi connectivity index (χ2v) is 6.30. The van der Waals surface area contributed by atoms with E-state index in [-0.39, 0.29) is 0 Å². The van der Waals surface area contributed by atoms with E-state index in [9.17, 15) is 9.90 Å². The first-order chi connectivity index (χ1) is 10.5. The predicted molar refractivity (Wildman–Crippen MR) is 93.0 cm³/mol. The highest BCUT2D eigenvalue weighted by atomic mass is 16.4. The molecule has 0 aliphatic heterocycles. The summed E-state index contributed by atoms with van der Waals surface area (Å²) in [4.78, 5) is 10.3. The molecule has 0 heterocycles. The van der Waals surface area contributed by atoms with E-state index in [1.54, 1.807) is 0 Å². The van der Waals surface area contributed by atoms with Crippen LogP contribution in [0.5, 0.6) is 0 Å². The third-order valence-corrected chi connectivity index (χ3v) is 3.75. The fourth-order valence-corrected chi connectivity index (χ4v) is 2.32. The minimum absolute atomic E-state index is 0.295. The Morgan fingerprint density at radius 3 is 2.36 bits per heavy atom. The van der Waals surface area contributed by atoms with Crippen LogP contribution in [0.1, 0.15) is 84.5 Å². The Balaban J connectivity index is 3.56. The Morgan fingerprint density at radius 1 is 1.00 bits per heavy atom. The number of unbranched alkanes of at least 4 members (excludes halogenated alkanes) is 7. The van der Waals surface area contributed by atoms with Crippen molar-refractivity contribution in [1.29, 1.82) is 0 Å². The van der Waals surface area contributed by atoms with Crippen LogP contribution in [0.25, 0.3) is 0 Å². The summed E-state index contributed by atoms with van der Waals surface area (Å²) in [5.74, 6) is -0.694. The van der Waals surface area contributed by atoms with Gasteiger partial charge in [0.2, 0.25) is 0 Å². The lowest BCUT2D eigenvalue weighted by Gasteiger charge is -2.18. The molecule has 0 radical (unpaired) electrons.